The SMILES string of the molecule is O=C(Nc1c(SF)c(SF)c(SF)c(SF)c1SF)Oc1ccccc1. The summed E-state index contributed by atoms with van der Waals surface area (Å²) in [5.74, 6) is 0.130. The van der Waals surface area contributed by atoms with Crippen LogP contribution in [0.3, 0.4) is 0 Å². The van der Waals surface area contributed by atoms with Crippen molar-refractivity contribution in [1.82, 2.24) is 0 Å². The van der Waals surface area contributed by atoms with Gasteiger partial charge in [0.2, 0.25) is 0 Å². The fourth-order valence-corrected chi connectivity index (χ4v) is 4.69. The van der Waals surface area contributed by atoms with Gasteiger partial charge in [0.05, 0.1) is 90.9 Å². The third-order valence-corrected chi connectivity index (χ3v) is 6.18. The molecule has 0 aliphatic rings. The minimum absolute atomic E-state index is 0.130. The highest BCUT2D eigenvalue weighted by Gasteiger charge is 2.29. The van der Waals surface area contributed by atoms with Gasteiger partial charge in [-0.25, -0.2) is 4.79 Å². The van der Waals surface area contributed by atoms with E-state index in [1.165, 1.54) is 12.1 Å². The summed E-state index contributed by atoms with van der Waals surface area (Å²) < 4.78 is 71.2. The van der Waals surface area contributed by atoms with Gasteiger partial charge in [0.1, 0.15) is 5.75 Å². The normalized spacial score (nSPS) is 10.7. The Morgan fingerprint density at radius 3 is 1.58 bits per heavy atom. The highest BCUT2D eigenvalue weighted by molar-refractivity contribution is 8.00. The minimum atomic E-state index is -1.15. The lowest BCUT2D eigenvalue weighted by Gasteiger charge is -2.17. The average molecular weight is 464 g/mol. The molecule has 0 spiro atoms. The molecule has 0 saturated carbocycles. The molecule has 3 nitrogen and oxygen atoms in total. The fourth-order valence-electron chi connectivity index (χ4n) is 1.83. The number of halogens is 5. The number of ether oxygens (including phenoxy) is 1. The van der Waals surface area contributed by atoms with Crippen LogP contribution in [0.5, 0.6) is 5.75 Å². The van der Waals surface area contributed by atoms with Gasteiger partial charge in [0.15, 0.2) is 0 Å². The molecule has 0 aliphatic carbocycles. The Labute approximate surface area is 167 Å². The maximum atomic E-state index is 13.4. The van der Waals surface area contributed by atoms with Gasteiger partial charge in [-0.1, -0.05) is 18.2 Å². The van der Waals surface area contributed by atoms with Crippen LogP contribution in [0.1, 0.15) is 0 Å². The van der Waals surface area contributed by atoms with Gasteiger partial charge in [0, 0.05) is 0 Å². The van der Waals surface area contributed by atoms with Crippen LogP contribution in [-0.4, -0.2) is 6.09 Å². The van der Waals surface area contributed by atoms with Crippen LogP contribution in [0.25, 0.3) is 0 Å². The van der Waals surface area contributed by atoms with E-state index in [9.17, 15) is 24.2 Å². The predicted molar refractivity (Wildman–Crippen MR) is 97.4 cm³/mol. The first-order valence-corrected chi connectivity index (χ1v) is 9.90. The number of hydrogen-bond donors (Lipinski definition) is 1. The summed E-state index contributed by atoms with van der Waals surface area (Å²) in [4.78, 5) is 8.89. The first-order chi connectivity index (χ1) is 12.6. The third kappa shape index (κ3) is 4.68. The van der Waals surface area contributed by atoms with Crippen molar-refractivity contribution in [3.63, 3.8) is 0 Å². The van der Waals surface area contributed by atoms with E-state index in [-0.39, 0.29) is 5.75 Å². The van der Waals surface area contributed by atoms with Gasteiger partial charge in [-0.3, -0.25) is 5.32 Å². The van der Waals surface area contributed by atoms with Crippen molar-refractivity contribution in [3.05, 3.63) is 30.3 Å². The van der Waals surface area contributed by atoms with Gasteiger partial charge in [-0.05, 0) is 12.1 Å². The van der Waals surface area contributed by atoms with Gasteiger partial charge >= 0.3 is 6.09 Å². The van der Waals surface area contributed by atoms with Crippen molar-refractivity contribution >= 4 is 72.5 Å². The number of nitrogens with one attached hydrogen (secondary N) is 1. The Morgan fingerprint density at radius 2 is 1.15 bits per heavy atom. The van der Waals surface area contributed by atoms with E-state index in [1.807, 2.05) is 0 Å². The maximum Gasteiger partial charge on any atom is 0.417 e. The van der Waals surface area contributed by atoms with Crippen molar-refractivity contribution < 1.29 is 29.0 Å². The second-order valence-corrected chi connectivity index (χ2v) is 7.05. The predicted octanol–water partition coefficient (Wildman–Crippen LogP) is 8.18. The Morgan fingerprint density at radius 1 is 0.731 bits per heavy atom. The molecule has 0 bridgehead atoms. The van der Waals surface area contributed by atoms with Crippen LogP contribution in [-0.2, 0) is 0 Å². The number of para-hydroxylation sites is 1. The van der Waals surface area contributed by atoms with E-state index < -0.39 is 97.0 Å². The first kappa shape index (κ1) is 21.4. The van der Waals surface area contributed by atoms with E-state index in [1.54, 1.807) is 18.2 Å². The molecule has 13 heteroatoms. The lowest BCUT2D eigenvalue weighted by Crippen LogP contribution is -2.18. The van der Waals surface area contributed by atoms with Crippen molar-refractivity contribution in [2.24, 2.45) is 0 Å². The lowest BCUT2D eigenvalue weighted by molar-refractivity contribution is 0.215. The zero-order valence-corrected chi connectivity index (χ0v) is 16.2. The first-order valence-electron chi connectivity index (χ1n) is 6.32. The molecule has 26 heavy (non-hydrogen) atoms. The minimum Gasteiger partial charge on any atom is -0.410 e. The molecular formula is C13H6F5NO2S5. The molecule has 0 radical (unpaired) electrons. The summed E-state index contributed by atoms with van der Waals surface area (Å²) in [5.41, 5.74) is -0.566. The zero-order chi connectivity index (χ0) is 19.1. The molecule has 0 unspecified atom stereocenters. The summed E-state index contributed by atoms with van der Waals surface area (Å²) >= 11 is -2.79. The highest BCUT2D eigenvalue weighted by Crippen LogP contribution is 2.54. The van der Waals surface area contributed by atoms with E-state index >= 15 is 0 Å². The molecule has 2 aromatic rings. The summed E-state index contributed by atoms with van der Waals surface area (Å²) in [6.45, 7) is 0. The Kier molecular flexibility index (Phi) is 8.60. The van der Waals surface area contributed by atoms with Crippen LogP contribution in [0.15, 0.2) is 54.8 Å². The second kappa shape index (κ2) is 10.4. The molecule has 1 amide bonds. The number of anilines is 1. The molecule has 0 saturated heterocycles. The zero-order valence-electron chi connectivity index (χ0n) is 12.1. The molecule has 0 aromatic heterocycles. The largest absolute Gasteiger partial charge is 0.417 e. The van der Waals surface area contributed by atoms with Gasteiger partial charge in [-0.2, -0.15) is 19.4 Å². The number of carbonyl (C=O) groups excluding carboxylic acids is 1. The van der Waals surface area contributed by atoms with Crippen LogP contribution in [0, 0.1) is 0 Å². The topological polar surface area (TPSA) is 38.3 Å². The van der Waals surface area contributed by atoms with Crippen molar-refractivity contribution in [2.75, 3.05) is 5.32 Å². The monoisotopic (exact) mass is 463 g/mol. The van der Waals surface area contributed by atoms with Gasteiger partial charge in [0.25, 0.3) is 0 Å². The number of hydrogen-bond acceptors (Lipinski definition) is 7. The lowest BCUT2D eigenvalue weighted by atomic mass is 10.3. The third-order valence-electron chi connectivity index (χ3n) is 2.85. The molecule has 0 heterocycles. The Bertz CT molecular complexity index is 750. The Hall–Kier alpha value is -0.890. The Balaban J connectivity index is 2.50. The summed E-state index contributed by atoms with van der Waals surface area (Å²) in [6, 6.07) is 7.73. The second-order valence-electron chi connectivity index (χ2n) is 4.23. The number of carbonyl (C=O) groups is 1. The fraction of sp³-hybridized carbons (Fsp3) is 0. The van der Waals surface area contributed by atoms with Crippen molar-refractivity contribution in [1.29, 1.82) is 0 Å². The van der Waals surface area contributed by atoms with Crippen LogP contribution in [0.2, 0.25) is 0 Å². The van der Waals surface area contributed by atoms with E-state index in [0.29, 0.717) is 0 Å². The number of rotatable bonds is 7. The van der Waals surface area contributed by atoms with Crippen molar-refractivity contribution in [3.8, 4) is 5.75 Å². The molecule has 140 valence electrons. The summed E-state index contributed by atoms with van der Waals surface area (Å²) in [6.07, 6.45) is -1.15. The van der Waals surface area contributed by atoms with E-state index in [4.69, 9.17) is 4.74 Å². The molecule has 0 atom stereocenters. The quantitative estimate of drug-likeness (QED) is 0.415. The molecule has 2 rings (SSSR count). The molecular weight excluding hydrogens is 457 g/mol. The molecule has 2 aromatic carbocycles. The van der Waals surface area contributed by atoms with Gasteiger partial charge in [-0.15, -0.1) is 0 Å². The van der Waals surface area contributed by atoms with Crippen LogP contribution >= 0.6 is 60.7 Å². The van der Waals surface area contributed by atoms with Gasteiger partial charge < -0.3 is 4.74 Å². The van der Waals surface area contributed by atoms with Crippen molar-refractivity contribution in [2.45, 2.75) is 24.5 Å². The smallest absolute Gasteiger partial charge is 0.410 e. The van der Waals surface area contributed by atoms with E-state index in [0.717, 1.165) is 0 Å². The molecule has 0 fully saturated rings. The maximum absolute atomic E-state index is 13.4. The van der Waals surface area contributed by atoms with Crippen LogP contribution < -0.4 is 10.1 Å². The standard InChI is InChI=1S/C13H6F5NO2S5/c14-22-8-7(19-13(20)21-6-4-2-1-3-5-6)9(23-15)11(25-17)12(26-18)10(8)24-16/h1-5H,(H,19,20). The van der Waals surface area contributed by atoms with Crippen LogP contribution in [0.4, 0.5) is 29.9 Å². The number of amides is 1. The summed E-state index contributed by atoms with van der Waals surface area (Å²) in [7, 11) is 0. The highest BCUT2D eigenvalue weighted by atomic mass is 32.2. The van der Waals surface area contributed by atoms with E-state index in [2.05, 4.69) is 5.32 Å². The molecule has 1 N–H and O–H groups in total. The molecule has 0 aliphatic heterocycles. The average Bonchev–Trinajstić information content (AvgIpc) is 2.67. The number of benzene rings is 2. The summed E-state index contributed by atoms with van der Waals surface area (Å²) in [5, 5.41) is 2.06.